The summed E-state index contributed by atoms with van der Waals surface area (Å²) in [6.45, 7) is 4.93. The minimum atomic E-state index is -0.00347. The van der Waals surface area contributed by atoms with Crippen molar-refractivity contribution >= 4 is 47.4 Å². The van der Waals surface area contributed by atoms with E-state index >= 15 is 0 Å². The predicted molar refractivity (Wildman–Crippen MR) is 137 cm³/mol. The van der Waals surface area contributed by atoms with Crippen LogP contribution in [0.1, 0.15) is 24.4 Å². The van der Waals surface area contributed by atoms with E-state index in [1.54, 1.807) is 17.8 Å². The van der Waals surface area contributed by atoms with Gasteiger partial charge in [-0.2, -0.15) is 0 Å². The van der Waals surface area contributed by atoms with Gasteiger partial charge in [0.2, 0.25) is 0 Å². The minimum absolute atomic E-state index is 0. The minimum Gasteiger partial charge on any atom is -0.492 e. The molecule has 0 spiro atoms. The highest BCUT2D eigenvalue weighted by Crippen LogP contribution is 2.28. The van der Waals surface area contributed by atoms with Crippen molar-refractivity contribution in [1.82, 2.24) is 19.0 Å². The molecular formula is C23H33Cl2N5O3. The topological polar surface area (TPSA) is 73.5 Å². The van der Waals surface area contributed by atoms with Gasteiger partial charge in [0.1, 0.15) is 18.2 Å². The van der Waals surface area contributed by atoms with Crippen molar-refractivity contribution in [1.29, 1.82) is 0 Å². The lowest BCUT2D eigenvalue weighted by molar-refractivity contribution is 0.0696. The van der Waals surface area contributed by atoms with Crippen molar-refractivity contribution in [3.8, 4) is 5.75 Å². The molecule has 182 valence electrons. The van der Waals surface area contributed by atoms with Crippen LogP contribution >= 0.6 is 24.8 Å². The molecule has 0 atom stereocenters. The number of aryl methyl sites for hydroxylation is 2. The van der Waals surface area contributed by atoms with E-state index < -0.39 is 0 Å². The van der Waals surface area contributed by atoms with Gasteiger partial charge in [0, 0.05) is 44.6 Å². The van der Waals surface area contributed by atoms with Crippen molar-refractivity contribution in [2.24, 2.45) is 7.05 Å². The quantitative estimate of drug-likeness (QED) is 0.533. The van der Waals surface area contributed by atoms with E-state index in [0.717, 1.165) is 47.4 Å². The van der Waals surface area contributed by atoms with Gasteiger partial charge < -0.3 is 19.7 Å². The number of nitrogens with one attached hydrogen (secondary N) is 1. The van der Waals surface area contributed by atoms with E-state index in [1.807, 2.05) is 49.9 Å². The molecule has 1 aliphatic rings. The number of benzene rings is 1. The number of hydrogen-bond acceptors (Lipinski definition) is 6. The zero-order valence-corrected chi connectivity index (χ0v) is 21.2. The summed E-state index contributed by atoms with van der Waals surface area (Å²) in [6.07, 6.45) is 3.46. The molecule has 0 aliphatic carbocycles. The Morgan fingerprint density at radius 1 is 1.18 bits per heavy atom. The van der Waals surface area contributed by atoms with Crippen molar-refractivity contribution in [3.63, 3.8) is 0 Å². The number of likely N-dealkylation sites (N-methyl/N-ethyl adjacent to an activating group) is 1. The van der Waals surface area contributed by atoms with E-state index in [2.05, 4.69) is 15.2 Å². The number of hydrogen-bond donors (Lipinski definition) is 1. The number of fused-ring (bicyclic) bond motifs is 1. The van der Waals surface area contributed by atoms with Crippen LogP contribution in [0.15, 0.2) is 35.3 Å². The molecular weight excluding hydrogens is 465 g/mol. The summed E-state index contributed by atoms with van der Waals surface area (Å²) >= 11 is 0. The van der Waals surface area contributed by atoms with Gasteiger partial charge >= 0.3 is 5.69 Å². The molecule has 1 N–H and O–H groups in total. The second-order valence-corrected chi connectivity index (χ2v) is 8.37. The van der Waals surface area contributed by atoms with Crippen LogP contribution in [0, 0.1) is 6.92 Å². The summed E-state index contributed by atoms with van der Waals surface area (Å²) < 4.78 is 14.9. The highest BCUT2D eigenvalue weighted by Gasteiger charge is 2.22. The molecule has 1 aromatic carbocycles. The average Bonchev–Trinajstić information content (AvgIpc) is 3.00. The maximum Gasteiger partial charge on any atom is 0.329 e. The number of halogens is 2. The molecule has 8 nitrogen and oxygen atoms in total. The van der Waals surface area contributed by atoms with Crippen molar-refractivity contribution in [3.05, 3.63) is 46.5 Å². The third-order valence-electron chi connectivity index (χ3n) is 5.80. The van der Waals surface area contributed by atoms with Crippen molar-refractivity contribution < 1.29 is 9.47 Å². The zero-order valence-electron chi connectivity index (χ0n) is 19.5. The highest BCUT2D eigenvalue weighted by atomic mass is 35.5. The second-order valence-electron chi connectivity index (χ2n) is 8.37. The summed E-state index contributed by atoms with van der Waals surface area (Å²) in [5.74, 6) is 1.56. The van der Waals surface area contributed by atoms with Crippen LogP contribution in [0.2, 0.25) is 0 Å². The predicted octanol–water partition coefficient (Wildman–Crippen LogP) is 3.92. The Hall–Kier alpha value is -2.26. The number of imidazole rings is 1. The number of ether oxygens (including phenoxy) is 2. The molecule has 1 fully saturated rings. The SMILES string of the molecule is Cc1cc(OCCN(C)C)ccc1Nc1cc2c(cn1)n(C)c(=O)n2C1CCOCC1.Cl.Cl. The monoisotopic (exact) mass is 497 g/mol. The lowest BCUT2D eigenvalue weighted by atomic mass is 10.1. The number of rotatable bonds is 7. The summed E-state index contributed by atoms with van der Waals surface area (Å²) in [7, 11) is 5.86. The average molecular weight is 498 g/mol. The van der Waals surface area contributed by atoms with Crippen LogP contribution in [0.3, 0.4) is 0 Å². The summed E-state index contributed by atoms with van der Waals surface area (Å²) in [5.41, 5.74) is 3.76. The van der Waals surface area contributed by atoms with Gasteiger partial charge in [-0.25, -0.2) is 9.78 Å². The molecule has 1 aliphatic heterocycles. The van der Waals surface area contributed by atoms with Crippen LogP contribution in [0.4, 0.5) is 11.5 Å². The van der Waals surface area contributed by atoms with Crippen LogP contribution in [-0.4, -0.2) is 59.5 Å². The third-order valence-corrected chi connectivity index (χ3v) is 5.80. The van der Waals surface area contributed by atoms with Crippen LogP contribution in [0.25, 0.3) is 11.0 Å². The van der Waals surface area contributed by atoms with Crippen LogP contribution in [-0.2, 0) is 11.8 Å². The number of nitrogens with zero attached hydrogens (tertiary/aromatic N) is 4. The maximum atomic E-state index is 12.9. The molecule has 0 radical (unpaired) electrons. The van der Waals surface area contributed by atoms with Gasteiger partial charge in [-0.1, -0.05) is 0 Å². The van der Waals surface area contributed by atoms with Gasteiger partial charge in [-0.15, -0.1) is 24.8 Å². The van der Waals surface area contributed by atoms with Gasteiger partial charge in [0.05, 0.1) is 17.2 Å². The van der Waals surface area contributed by atoms with Crippen molar-refractivity contribution in [2.75, 3.05) is 45.8 Å². The molecule has 2 aromatic heterocycles. The highest BCUT2D eigenvalue weighted by molar-refractivity contribution is 5.85. The van der Waals surface area contributed by atoms with Gasteiger partial charge in [-0.3, -0.25) is 9.13 Å². The first-order valence-electron chi connectivity index (χ1n) is 10.7. The fraction of sp³-hybridized carbons (Fsp3) is 0.478. The van der Waals surface area contributed by atoms with E-state index in [-0.39, 0.29) is 36.5 Å². The van der Waals surface area contributed by atoms with E-state index in [0.29, 0.717) is 25.6 Å². The smallest absolute Gasteiger partial charge is 0.329 e. The fourth-order valence-corrected chi connectivity index (χ4v) is 3.97. The first kappa shape index (κ1) is 27.0. The van der Waals surface area contributed by atoms with E-state index in [9.17, 15) is 4.79 Å². The van der Waals surface area contributed by atoms with Crippen molar-refractivity contribution in [2.45, 2.75) is 25.8 Å². The summed E-state index contributed by atoms with van der Waals surface area (Å²) in [5, 5.41) is 3.40. The standard InChI is InChI=1S/C23H31N5O3.2ClH/c1-16-13-18(31-12-9-26(2)3)5-6-19(16)25-22-14-20-21(15-24-22)27(4)23(29)28(20)17-7-10-30-11-8-17;;/h5-6,13-15,17H,7-12H2,1-4H3,(H,24,25);2*1H. The molecule has 4 rings (SSSR count). The molecule has 0 saturated carbocycles. The van der Waals surface area contributed by atoms with Gasteiger partial charge in [-0.05, 0) is 57.6 Å². The van der Waals surface area contributed by atoms with E-state index in [4.69, 9.17) is 9.47 Å². The lowest BCUT2D eigenvalue weighted by Crippen LogP contribution is -2.29. The Balaban J connectivity index is 0.00000193. The molecule has 0 unspecified atom stereocenters. The van der Waals surface area contributed by atoms with Crippen LogP contribution in [0.5, 0.6) is 5.75 Å². The third kappa shape index (κ3) is 6.00. The number of anilines is 2. The van der Waals surface area contributed by atoms with Gasteiger partial charge in [0.25, 0.3) is 0 Å². The summed E-state index contributed by atoms with van der Waals surface area (Å²) in [4.78, 5) is 19.5. The fourth-order valence-electron chi connectivity index (χ4n) is 3.97. The lowest BCUT2D eigenvalue weighted by Gasteiger charge is -2.23. The van der Waals surface area contributed by atoms with E-state index in [1.165, 1.54) is 0 Å². The number of aromatic nitrogens is 3. The zero-order chi connectivity index (χ0) is 22.0. The Morgan fingerprint density at radius 2 is 1.91 bits per heavy atom. The molecule has 0 amide bonds. The maximum absolute atomic E-state index is 12.9. The molecule has 10 heteroatoms. The Morgan fingerprint density at radius 3 is 2.58 bits per heavy atom. The Bertz CT molecular complexity index is 1120. The first-order valence-corrected chi connectivity index (χ1v) is 10.7. The Labute approximate surface area is 206 Å². The van der Waals surface area contributed by atoms with Crippen LogP contribution < -0.4 is 15.7 Å². The largest absolute Gasteiger partial charge is 0.492 e. The molecule has 0 bridgehead atoms. The first-order chi connectivity index (χ1) is 14.9. The molecule has 3 aromatic rings. The second kappa shape index (κ2) is 11.7. The molecule has 33 heavy (non-hydrogen) atoms. The Kier molecular flexibility index (Phi) is 9.60. The normalized spacial score (nSPS) is 14.1. The molecule has 3 heterocycles. The van der Waals surface area contributed by atoms with Gasteiger partial charge in [0.15, 0.2) is 0 Å². The molecule has 1 saturated heterocycles. The number of pyridine rings is 1. The summed E-state index contributed by atoms with van der Waals surface area (Å²) in [6, 6.07) is 8.11.